The second kappa shape index (κ2) is 10.6. The summed E-state index contributed by atoms with van der Waals surface area (Å²) in [6, 6.07) is 20.4. The summed E-state index contributed by atoms with van der Waals surface area (Å²) in [6.45, 7) is 12.0. The van der Waals surface area contributed by atoms with Gasteiger partial charge in [-0.3, -0.25) is 14.4 Å². The number of nitrogens with zero attached hydrogens (tertiary/aromatic N) is 1. The Morgan fingerprint density at radius 2 is 1.67 bits per heavy atom. The summed E-state index contributed by atoms with van der Waals surface area (Å²) in [6.07, 6.45) is 6.52. The Labute approximate surface area is 255 Å². The quantitative estimate of drug-likeness (QED) is 0.232. The molecule has 6 rings (SSSR count). The maximum absolute atomic E-state index is 15.0. The Morgan fingerprint density at radius 3 is 2.37 bits per heavy atom. The second-order valence-corrected chi connectivity index (χ2v) is 13.6. The number of para-hydroxylation sites is 1. The molecule has 5 heteroatoms. The van der Waals surface area contributed by atoms with Crippen molar-refractivity contribution in [2.24, 2.45) is 11.3 Å². The van der Waals surface area contributed by atoms with E-state index in [1.54, 1.807) is 0 Å². The minimum atomic E-state index is -1.27. The van der Waals surface area contributed by atoms with E-state index in [2.05, 4.69) is 55.3 Å². The van der Waals surface area contributed by atoms with E-state index < -0.39 is 28.8 Å². The number of benzene rings is 3. The Bertz CT molecular complexity index is 1640. The first-order valence-electron chi connectivity index (χ1n) is 15.7. The van der Waals surface area contributed by atoms with Crippen LogP contribution in [-0.4, -0.2) is 29.6 Å². The predicted octanol–water partition coefficient (Wildman–Crippen LogP) is 7.71. The van der Waals surface area contributed by atoms with Crippen molar-refractivity contribution in [2.45, 2.75) is 84.7 Å². The van der Waals surface area contributed by atoms with E-state index in [4.69, 9.17) is 0 Å². The van der Waals surface area contributed by atoms with Crippen LogP contribution in [0, 0.1) is 18.3 Å². The highest BCUT2D eigenvalue weighted by Crippen LogP contribution is 2.59. The number of Topliss-reactive ketones (excluding diaryl/α,β-unsaturated/α-hetero) is 2. The number of ketones is 2. The normalized spacial score (nSPS) is 23.9. The number of hydrogen-bond donors (Lipinski definition) is 1. The third-order valence-corrected chi connectivity index (χ3v) is 9.73. The summed E-state index contributed by atoms with van der Waals surface area (Å²) in [5.41, 5.74) is 5.31. The molecule has 4 atom stereocenters. The van der Waals surface area contributed by atoms with Gasteiger partial charge in [0.05, 0.1) is 12.0 Å². The lowest BCUT2D eigenvalue weighted by molar-refractivity contribution is -0.128. The first kappa shape index (κ1) is 29.1. The van der Waals surface area contributed by atoms with Crippen molar-refractivity contribution in [3.05, 3.63) is 101 Å². The van der Waals surface area contributed by atoms with Gasteiger partial charge in [-0.25, -0.2) is 0 Å². The number of hydrogen-bond acceptors (Lipinski definition) is 4. The zero-order chi connectivity index (χ0) is 30.7. The van der Waals surface area contributed by atoms with Crippen LogP contribution in [0.15, 0.2) is 72.8 Å². The predicted molar refractivity (Wildman–Crippen MR) is 174 cm³/mol. The van der Waals surface area contributed by atoms with Crippen LogP contribution in [0.5, 0.6) is 0 Å². The molecule has 3 aromatic carbocycles. The van der Waals surface area contributed by atoms with Crippen LogP contribution in [0.3, 0.4) is 0 Å². The van der Waals surface area contributed by atoms with Gasteiger partial charge in [-0.1, -0.05) is 101 Å². The summed E-state index contributed by atoms with van der Waals surface area (Å²) in [7, 11) is 0. The van der Waals surface area contributed by atoms with E-state index in [9.17, 15) is 14.4 Å². The average Bonchev–Trinajstić information content (AvgIpc) is 3.44. The molecule has 1 N–H and O–H groups in total. The van der Waals surface area contributed by atoms with Gasteiger partial charge in [0, 0.05) is 27.9 Å². The standard InChI is InChI=1S/C38H42N2O3/c1-7-8-9-12-25-16-18-26(19-17-25)34(41)32-33(35(42)37(4,5)6)40-30-20-15-23(2)21-27(30)24(3)22-31(40)38(32)28-13-10-11-14-29(28)39-36(38)43/h10-11,13-22,31-33H,7-9,12H2,1-6H3,(H,39,43). The smallest absolute Gasteiger partial charge is 0.238 e. The van der Waals surface area contributed by atoms with Crippen molar-refractivity contribution in [3.8, 4) is 0 Å². The van der Waals surface area contributed by atoms with E-state index in [1.165, 1.54) is 12.0 Å². The van der Waals surface area contributed by atoms with E-state index >= 15 is 0 Å². The molecular formula is C38H42N2O3. The minimum Gasteiger partial charge on any atom is -0.352 e. The van der Waals surface area contributed by atoms with Gasteiger partial charge in [0.25, 0.3) is 0 Å². The van der Waals surface area contributed by atoms with Crippen molar-refractivity contribution in [1.29, 1.82) is 0 Å². The molecule has 1 amide bonds. The maximum Gasteiger partial charge on any atom is 0.238 e. The van der Waals surface area contributed by atoms with Crippen LogP contribution in [0.4, 0.5) is 11.4 Å². The van der Waals surface area contributed by atoms with Gasteiger partial charge < -0.3 is 10.2 Å². The molecule has 1 spiro atoms. The average molecular weight is 575 g/mol. The van der Waals surface area contributed by atoms with Crippen molar-refractivity contribution < 1.29 is 14.4 Å². The molecule has 0 saturated carbocycles. The van der Waals surface area contributed by atoms with Gasteiger partial charge in [0.2, 0.25) is 5.91 Å². The zero-order valence-electron chi connectivity index (χ0n) is 26.2. The third-order valence-electron chi connectivity index (χ3n) is 9.73. The number of carbonyl (C=O) groups is 3. The molecule has 43 heavy (non-hydrogen) atoms. The molecule has 3 aromatic rings. The Morgan fingerprint density at radius 1 is 0.953 bits per heavy atom. The van der Waals surface area contributed by atoms with Gasteiger partial charge in [-0.05, 0) is 61.6 Å². The number of nitrogens with one attached hydrogen (secondary N) is 1. The molecular weight excluding hydrogens is 532 g/mol. The van der Waals surface area contributed by atoms with Gasteiger partial charge in [-0.2, -0.15) is 0 Å². The van der Waals surface area contributed by atoms with Crippen molar-refractivity contribution >= 4 is 34.4 Å². The fraction of sp³-hybridized carbons (Fsp3) is 0.395. The number of unbranched alkanes of at least 4 members (excludes halogenated alkanes) is 2. The SMILES string of the molecule is CCCCCc1ccc(C(=O)C2C(C(=O)C(C)(C)C)N3c4ccc(C)cc4C(C)=CC3C23C(=O)Nc2ccccc23)cc1. The van der Waals surface area contributed by atoms with Crippen molar-refractivity contribution in [2.75, 3.05) is 10.2 Å². The molecule has 3 aliphatic rings. The third kappa shape index (κ3) is 4.47. The topological polar surface area (TPSA) is 66.5 Å². The van der Waals surface area contributed by atoms with Crippen LogP contribution in [-0.2, 0) is 21.4 Å². The van der Waals surface area contributed by atoms with E-state index in [0.29, 0.717) is 11.3 Å². The fourth-order valence-electron chi connectivity index (χ4n) is 7.58. The summed E-state index contributed by atoms with van der Waals surface area (Å²) in [5.74, 6) is -1.35. The first-order chi connectivity index (χ1) is 20.5. The Hall–Kier alpha value is -3.99. The molecule has 1 fully saturated rings. The number of allylic oxidation sites excluding steroid dienone is 1. The van der Waals surface area contributed by atoms with Crippen LogP contribution in [0.25, 0.3) is 5.57 Å². The summed E-state index contributed by atoms with van der Waals surface area (Å²) >= 11 is 0. The van der Waals surface area contributed by atoms with E-state index in [1.807, 2.05) is 69.3 Å². The minimum absolute atomic E-state index is 0.0411. The zero-order valence-corrected chi connectivity index (χ0v) is 26.2. The molecule has 1 saturated heterocycles. The summed E-state index contributed by atoms with van der Waals surface area (Å²) in [4.78, 5) is 46.3. The van der Waals surface area contributed by atoms with Crippen LogP contribution in [0.2, 0.25) is 0 Å². The number of anilines is 2. The summed E-state index contributed by atoms with van der Waals surface area (Å²) in [5, 5.41) is 3.13. The second-order valence-electron chi connectivity index (χ2n) is 13.6. The number of fused-ring (bicyclic) bond motifs is 6. The highest BCUT2D eigenvalue weighted by Gasteiger charge is 2.71. The number of amides is 1. The number of aryl methyl sites for hydroxylation is 2. The highest BCUT2D eigenvalue weighted by molar-refractivity contribution is 6.17. The molecule has 4 unspecified atom stereocenters. The molecule has 0 aromatic heterocycles. The van der Waals surface area contributed by atoms with E-state index in [-0.39, 0.29) is 17.5 Å². The number of carbonyl (C=O) groups excluding carboxylic acids is 3. The van der Waals surface area contributed by atoms with Gasteiger partial charge in [0.1, 0.15) is 11.5 Å². The lowest BCUT2D eigenvalue weighted by Crippen LogP contribution is -2.51. The van der Waals surface area contributed by atoms with Crippen LogP contribution >= 0.6 is 0 Å². The molecule has 3 heterocycles. The molecule has 0 aliphatic carbocycles. The number of rotatable bonds is 7. The molecule has 5 nitrogen and oxygen atoms in total. The molecule has 3 aliphatic heterocycles. The van der Waals surface area contributed by atoms with Crippen molar-refractivity contribution in [3.63, 3.8) is 0 Å². The Balaban J connectivity index is 1.59. The largest absolute Gasteiger partial charge is 0.352 e. The maximum atomic E-state index is 15.0. The van der Waals surface area contributed by atoms with Gasteiger partial charge in [0.15, 0.2) is 11.6 Å². The first-order valence-corrected chi connectivity index (χ1v) is 15.7. The van der Waals surface area contributed by atoms with Crippen molar-refractivity contribution in [1.82, 2.24) is 0 Å². The lowest BCUT2D eigenvalue weighted by Gasteiger charge is -2.40. The summed E-state index contributed by atoms with van der Waals surface area (Å²) < 4.78 is 0. The Kier molecular flexibility index (Phi) is 7.19. The molecule has 222 valence electrons. The fourth-order valence-corrected chi connectivity index (χ4v) is 7.58. The monoisotopic (exact) mass is 574 g/mol. The van der Waals surface area contributed by atoms with Crippen LogP contribution < -0.4 is 10.2 Å². The van der Waals surface area contributed by atoms with Gasteiger partial charge in [-0.15, -0.1) is 0 Å². The van der Waals surface area contributed by atoms with E-state index in [0.717, 1.165) is 47.2 Å². The lowest BCUT2D eigenvalue weighted by atomic mass is 9.63. The molecule has 0 radical (unpaired) electrons. The highest BCUT2D eigenvalue weighted by atomic mass is 16.2. The van der Waals surface area contributed by atoms with Crippen LogP contribution in [0.1, 0.15) is 86.5 Å². The molecule has 0 bridgehead atoms. The van der Waals surface area contributed by atoms with Gasteiger partial charge >= 0.3 is 0 Å².